The minimum Gasteiger partial charge on any atom is -0.463 e. The van der Waals surface area contributed by atoms with Crippen LogP contribution in [0.25, 0.3) is 0 Å². The van der Waals surface area contributed by atoms with Crippen molar-refractivity contribution in [2.75, 3.05) is 6.61 Å². The number of hydrogen-bond acceptors (Lipinski definition) is 5. The van der Waals surface area contributed by atoms with Gasteiger partial charge in [0.25, 0.3) is 0 Å². The number of hydrogen-bond donors (Lipinski definition) is 1. The van der Waals surface area contributed by atoms with Crippen LogP contribution < -0.4 is 0 Å². The largest absolute Gasteiger partial charge is 0.463 e. The van der Waals surface area contributed by atoms with Gasteiger partial charge >= 0.3 is 11.9 Å². The lowest BCUT2D eigenvalue weighted by atomic mass is 10.1. The van der Waals surface area contributed by atoms with Gasteiger partial charge < -0.3 is 14.5 Å². The molecule has 6 heteroatoms. The number of aryl methyl sites for hydroxylation is 1. The fourth-order valence-electron chi connectivity index (χ4n) is 2.25. The number of ether oxygens (including phenoxy) is 2. The number of nitrogens with one attached hydrogen (secondary N) is 1. The van der Waals surface area contributed by atoms with Crippen LogP contribution in [0.15, 0.2) is 0 Å². The Bertz CT molecular complexity index is 558. The van der Waals surface area contributed by atoms with Gasteiger partial charge in [-0.15, -0.1) is 0 Å². The molecule has 1 aliphatic heterocycles. The van der Waals surface area contributed by atoms with Crippen LogP contribution in [0, 0.1) is 13.8 Å². The van der Waals surface area contributed by atoms with Crippen LogP contribution in [-0.4, -0.2) is 35.4 Å². The molecule has 0 amide bonds. The van der Waals surface area contributed by atoms with E-state index in [2.05, 4.69) is 4.98 Å². The Morgan fingerprint density at radius 3 is 2.53 bits per heavy atom. The maximum Gasteiger partial charge on any atom is 0.355 e. The SMILES string of the molecule is CC(=O)c1c(C)[nH]c(C(=O)O[C@H]2CCOC2=O)c1C. The maximum atomic E-state index is 12.0. The van der Waals surface area contributed by atoms with Crippen molar-refractivity contribution in [3.8, 4) is 0 Å². The normalized spacial score (nSPS) is 18.3. The Morgan fingerprint density at radius 1 is 1.37 bits per heavy atom. The van der Waals surface area contributed by atoms with Gasteiger partial charge in [-0.2, -0.15) is 0 Å². The van der Waals surface area contributed by atoms with E-state index in [0.717, 1.165) is 0 Å². The number of esters is 2. The molecule has 6 nitrogen and oxygen atoms in total. The second-order valence-corrected chi connectivity index (χ2v) is 4.53. The van der Waals surface area contributed by atoms with E-state index in [9.17, 15) is 14.4 Å². The summed E-state index contributed by atoms with van der Waals surface area (Å²) in [4.78, 5) is 37.5. The fourth-order valence-corrected chi connectivity index (χ4v) is 2.25. The lowest BCUT2D eigenvalue weighted by Crippen LogP contribution is -2.23. The number of cyclic esters (lactones) is 1. The van der Waals surface area contributed by atoms with Crippen molar-refractivity contribution in [3.05, 3.63) is 22.5 Å². The summed E-state index contributed by atoms with van der Waals surface area (Å²) >= 11 is 0. The molecule has 1 atom stereocenters. The van der Waals surface area contributed by atoms with Crippen LogP contribution in [0.4, 0.5) is 0 Å². The van der Waals surface area contributed by atoms with Crippen LogP contribution in [0.5, 0.6) is 0 Å². The summed E-state index contributed by atoms with van der Waals surface area (Å²) in [6.45, 7) is 5.08. The van der Waals surface area contributed by atoms with E-state index in [-0.39, 0.29) is 18.1 Å². The number of H-pyrrole nitrogens is 1. The lowest BCUT2D eigenvalue weighted by Gasteiger charge is -2.07. The third-order valence-corrected chi connectivity index (χ3v) is 3.13. The summed E-state index contributed by atoms with van der Waals surface area (Å²) in [7, 11) is 0. The molecular weight excluding hydrogens is 250 g/mol. The third-order valence-electron chi connectivity index (χ3n) is 3.13. The van der Waals surface area contributed by atoms with Gasteiger partial charge in [0.15, 0.2) is 5.78 Å². The predicted octanol–water partition coefficient (Wildman–Crippen LogP) is 1.31. The molecule has 1 saturated heterocycles. The summed E-state index contributed by atoms with van der Waals surface area (Å²) in [6, 6.07) is 0. The Labute approximate surface area is 110 Å². The van der Waals surface area contributed by atoms with Crippen molar-refractivity contribution in [3.63, 3.8) is 0 Å². The molecule has 102 valence electrons. The summed E-state index contributed by atoms with van der Waals surface area (Å²) in [5, 5.41) is 0. The molecule has 1 aliphatic rings. The topological polar surface area (TPSA) is 85.5 Å². The van der Waals surface area contributed by atoms with Crippen LogP contribution in [0.3, 0.4) is 0 Å². The first-order valence-electron chi connectivity index (χ1n) is 5.99. The molecule has 0 radical (unpaired) electrons. The van der Waals surface area contributed by atoms with Gasteiger partial charge in [-0.25, -0.2) is 9.59 Å². The minimum absolute atomic E-state index is 0.120. The van der Waals surface area contributed by atoms with Crippen LogP contribution >= 0.6 is 0 Å². The summed E-state index contributed by atoms with van der Waals surface area (Å²) in [5.41, 5.74) is 1.86. The van der Waals surface area contributed by atoms with Crippen LogP contribution in [0.1, 0.15) is 45.4 Å². The van der Waals surface area contributed by atoms with Crippen LogP contribution in [-0.2, 0) is 14.3 Å². The highest BCUT2D eigenvalue weighted by atomic mass is 16.6. The van der Waals surface area contributed by atoms with Crippen molar-refractivity contribution in [1.29, 1.82) is 0 Å². The molecule has 1 fully saturated rings. The van der Waals surface area contributed by atoms with Gasteiger partial charge in [0.05, 0.1) is 6.61 Å². The first kappa shape index (κ1) is 13.3. The number of rotatable bonds is 3. The molecule has 19 heavy (non-hydrogen) atoms. The van der Waals surface area contributed by atoms with Gasteiger partial charge in [-0.05, 0) is 26.3 Å². The third kappa shape index (κ3) is 2.38. The second kappa shape index (κ2) is 4.87. The van der Waals surface area contributed by atoms with Gasteiger partial charge in [0, 0.05) is 17.7 Å². The molecule has 0 aliphatic carbocycles. The van der Waals surface area contributed by atoms with Gasteiger partial charge in [-0.3, -0.25) is 4.79 Å². The van der Waals surface area contributed by atoms with E-state index in [0.29, 0.717) is 23.2 Å². The van der Waals surface area contributed by atoms with Crippen molar-refractivity contribution in [2.45, 2.75) is 33.3 Å². The molecule has 1 aromatic heterocycles. The molecule has 0 saturated carbocycles. The molecule has 0 bridgehead atoms. The van der Waals surface area contributed by atoms with Crippen LogP contribution in [0.2, 0.25) is 0 Å². The summed E-state index contributed by atoms with van der Waals surface area (Å²) < 4.78 is 9.80. The number of carbonyl (C=O) groups is 3. The smallest absolute Gasteiger partial charge is 0.355 e. The van der Waals surface area contributed by atoms with Crippen molar-refractivity contribution >= 4 is 17.7 Å². The standard InChI is InChI=1S/C13H15NO5/c1-6-10(8(3)15)7(2)14-11(6)13(17)19-9-4-5-18-12(9)16/h9,14H,4-5H2,1-3H3/t9-/m0/s1. The fraction of sp³-hybridized carbons (Fsp3) is 0.462. The van der Waals surface area contributed by atoms with E-state index in [1.807, 2.05) is 0 Å². The Morgan fingerprint density at radius 2 is 2.05 bits per heavy atom. The zero-order chi connectivity index (χ0) is 14.2. The molecule has 1 N–H and O–H groups in total. The zero-order valence-corrected chi connectivity index (χ0v) is 11.0. The highest BCUT2D eigenvalue weighted by Gasteiger charge is 2.32. The zero-order valence-electron chi connectivity index (χ0n) is 11.0. The number of aromatic nitrogens is 1. The molecule has 2 rings (SSSR count). The maximum absolute atomic E-state index is 12.0. The van der Waals surface area contributed by atoms with Gasteiger partial charge in [0.2, 0.25) is 6.10 Å². The number of Topliss-reactive ketones (excluding diaryl/α,β-unsaturated/α-hetero) is 1. The number of ketones is 1. The highest BCUT2D eigenvalue weighted by molar-refractivity contribution is 6.01. The Kier molecular flexibility index (Phi) is 3.42. The second-order valence-electron chi connectivity index (χ2n) is 4.53. The predicted molar refractivity (Wildman–Crippen MR) is 65.1 cm³/mol. The molecule has 0 aromatic carbocycles. The molecule has 2 heterocycles. The monoisotopic (exact) mass is 265 g/mol. The first-order chi connectivity index (χ1) is 8.91. The van der Waals surface area contributed by atoms with E-state index in [1.165, 1.54) is 6.92 Å². The van der Waals surface area contributed by atoms with E-state index < -0.39 is 18.0 Å². The molecule has 1 aromatic rings. The van der Waals surface area contributed by atoms with Crippen molar-refractivity contribution < 1.29 is 23.9 Å². The minimum atomic E-state index is -0.851. The van der Waals surface area contributed by atoms with Gasteiger partial charge in [-0.1, -0.05) is 0 Å². The molecular formula is C13H15NO5. The summed E-state index contributed by atoms with van der Waals surface area (Å²) in [6.07, 6.45) is -0.487. The van der Waals surface area contributed by atoms with E-state index in [4.69, 9.17) is 9.47 Å². The number of carbonyl (C=O) groups excluding carboxylic acids is 3. The quantitative estimate of drug-likeness (QED) is 0.657. The Balaban J connectivity index is 2.22. The molecule has 0 spiro atoms. The Hall–Kier alpha value is -2.11. The summed E-state index contributed by atoms with van der Waals surface area (Å²) in [5.74, 6) is -1.29. The first-order valence-corrected chi connectivity index (χ1v) is 5.99. The molecule has 0 unspecified atom stereocenters. The lowest BCUT2D eigenvalue weighted by molar-refractivity contribution is -0.145. The van der Waals surface area contributed by atoms with E-state index in [1.54, 1.807) is 13.8 Å². The highest BCUT2D eigenvalue weighted by Crippen LogP contribution is 2.21. The average Bonchev–Trinajstić information content (AvgIpc) is 2.83. The van der Waals surface area contributed by atoms with E-state index >= 15 is 0 Å². The van der Waals surface area contributed by atoms with Crippen molar-refractivity contribution in [2.24, 2.45) is 0 Å². The van der Waals surface area contributed by atoms with Crippen molar-refractivity contribution in [1.82, 2.24) is 4.98 Å². The number of aromatic amines is 1. The van der Waals surface area contributed by atoms with Gasteiger partial charge in [0.1, 0.15) is 5.69 Å². The average molecular weight is 265 g/mol.